The van der Waals surface area contributed by atoms with Crippen molar-refractivity contribution in [2.75, 3.05) is 13.3 Å². The van der Waals surface area contributed by atoms with Gasteiger partial charge in [0.2, 0.25) is 0 Å². The summed E-state index contributed by atoms with van der Waals surface area (Å²) in [4.78, 5) is 56.9. The van der Waals surface area contributed by atoms with Crippen molar-refractivity contribution in [3.63, 3.8) is 0 Å². The molecule has 33 heavy (non-hydrogen) atoms. The molecule has 0 spiro atoms. The minimum atomic E-state index is -1.43. The number of amides is 3. The molecule has 1 aliphatic rings. The quantitative estimate of drug-likeness (QED) is 0.0964. The Labute approximate surface area is 208 Å². The largest absolute Gasteiger partial charge is 1.00 e. The van der Waals surface area contributed by atoms with Crippen LogP contribution in [-0.4, -0.2) is 58.2 Å². The third-order valence-electron chi connectivity index (χ3n) is 4.24. The van der Waals surface area contributed by atoms with E-state index in [1.807, 2.05) is 0 Å². The Morgan fingerprint density at radius 2 is 1.85 bits per heavy atom. The second-order valence-corrected chi connectivity index (χ2v) is 6.43. The molecule has 166 valence electrons. The van der Waals surface area contributed by atoms with Crippen LogP contribution in [0.4, 0.5) is 10.5 Å². The molecule has 0 unspecified atom stereocenters. The fourth-order valence-electron chi connectivity index (χ4n) is 2.61. The average Bonchev–Trinajstić information content (AvgIpc) is 3.34. The van der Waals surface area contributed by atoms with Crippen LogP contribution in [0, 0.1) is 10.1 Å². The number of benzene rings is 1. The number of hydrogen-bond acceptors (Lipinski definition) is 10. The van der Waals surface area contributed by atoms with E-state index in [0.29, 0.717) is 16.2 Å². The van der Waals surface area contributed by atoms with E-state index in [9.17, 15) is 34.4 Å². The van der Waals surface area contributed by atoms with Gasteiger partial charge < -0.3 is 19.1 Å². The molecule has 0 radical (unpaired) electrons. The number of non-ortho nitro benzene ring substituents is 1. The Balaban J connectivity index is 0.00000385. The van der Waals surface area contributed by atoms with Crippen LogP contribution < -0.4 is 34.7 Å². The van der Waals surface area contributed by atoms with Crippen LogP contribution in [0.5, 0.6) is 0 Å². The second kappa shape index (κ2) is 11.4. The number of ether oxygens (including phenoxy) is 1. The fraction of sp³-hybridized carbons (Fsp3) is 0.211. The molecule has 0 aliphatic carbocycles. The van der Waals surface area contributed by atoms with Crippen molar-refractivity contribution < 1.29 is 67.9 Å². The first-order valence-electron chi connectivity index (χ1n) is 9.10. The zero-order valence-electron chi connectivity index (χ0n) is 17.3. The molecule has 1 aliphatic heterocycles. The molecule has 1 aromatic carbocycles. The van der Waals surface area contributed by atoms with Gasteiger partial charge in [-0.3, -0.25) is 19.7 Å². The number of carbonyl (C=O) groups is 4. The molecule has 14 heteroatoms. The van der Waals surface area contributed by atoms with E-state index in [1.165, 1.54) is 30.5 Å². The number of hydrazone groups is 1. The van der Waals surface area contributed by atoms with Crippen LogP contribution in [0.3, 0.4) is 0 Å². The first-order chi connectivity index (χ1) is 15.2. The summed E-state index contributed by atoms with van der Waals surface area (Å²) in [5.41, 5.74) is 0.530. The van der Waals surface area contributed by atoms with Gasteiger partial charge in [0.15, 0.2) is 6.73 Å². The number of carbonyl (C=O) groups excluding carboxylic acids is 4. The van der Waals surface area contributed by atoms with Gasteiger partial charge in [-0.2, -0.15) is 5.10 Å². The van der Waals surface area contributed by atoms with Crippen LogP contribution >= 0.6 is 0 Å². The SMILES string of the molecule is O=C([O-])CCC(=O)OCN1C(=O)CN(/N=C/c2ccc(-c3ccc([N+](=O)[O-])cc3)o2)C1=O.[Na+]. The molecule has 1 aromatic heterocycles. The summed E-state index contributed by atoms with van der Waals surface area (Å²) in [5, 5.41) is 25.8. The van der Waals surface area contributed by atoms with Crippen molar-refractivity contribution in [1.29, 1.82) is 0 Å². The predicted octanol–water partition coefficient (Wildman–Crippen LogP) is -2.51. The molecular formula is C19H15N4NaO9. The molecule has 0 N–H and O–H groups in total. The van der Waals surface area contributed by atoms with Gasteiger partial charge in [0.05, 0.1) is 17.6 Å². The van der Waals surface area contributed by atoms with E-state index in [-0.39, 0.29) is 47.5 Å². The molecule has 0 saturated carbocycles. The maximum Gasteiger partial charge on any atom is 1.00 e. The molecule has 0 atom stereocenters. The molecule has 3 amide bonds. The Hall–Kier alpha value is -3.55. The van der Waals surface area contributed by atoms with Gasteiger partial charge in [-0.15, -0.1) is 0 Å². The summed E-state index contributed by atoms with van der Waals surface area (Å²) in [6.07, 6.45) is 0.216. The van der Waals surface area contributed by atoms with E-state index >= 15 is 0 Å². The molecule has 1 fully saturated rings. The number of carboxylic acids is 1. The number of imide groups is 1. The maximum absolute atomic E-state index is 12.3. The first kappa shape index (κ1) is 25.7. The number of furan rings is 1. The maximum atomic E-state index is 12.3. The van der Waals surface area contributed by atoms with E-state index in [4.69, 9.17) is 9.15 Å². The Morgan fingerprint density at radius 1 is 1.15 bits per heavy atom. The number of hydrogen-bond donors (Lipinski definition) is 0. The predicted molar refractivity (Wildman–Crippen MR) is 103 cm³/mol. The van der Waals surface area contributed by atoms with E-state index in [2.05, 4.69) is 5.10 Å². The normalized spacial score (nSPS) is 13.3. The van der Waals surface area contributed by atoms with Crippen molar-refractivity contribution in [3.8, 4) is 11.3 Å². The van der Waals surface area contributed by atoms with Crippen LogP contribution in [0.25, 0.3) is 11.3 Å². The minimum Gasteiger partial charge on any atom is -0.550 e. The topological polar surface area (TPSA) is 176 Å². The van der Waals surface area contributed by atoms with Gasteiger partial charge in [0.25, 0.3) is 11.6 Å². The zero-order valence-corrected chi connectivity index (χ0v) is 19.3. The number of rotatable bonds is 9. The second-order valence-electron chi connectivity index (χ2n) is 6.43. The average molecular weight is 466 g/mol. The van der Waals surface area contributed by atoms with E-state index in [1.54, 1.807) is 12.1 Å². The first-order valence-corrected chi connectivity index (χ1v) is 9.10. The number of nitrogens with zero attached hydrogens (tertiary/aromatic N) is 4. The fourth-order valence-corrected chi connectivity index (χ4v) is 2.61. The monoisotopic (exact) mass is 466 g/mol. The molecule has 0 bridgehead atoms. The van der Waals surface area contributed by atoms with E-state index < -0.39 is 48.4 Å². The van der Waals surface area contributed by atoms with Crippen LogP contribution in [0.15, 0.2) is 45.9 Å². The molecular weight excluding hydrogens is 451 g/mol. The number of esters is 1. The third-order valence-corrected chi connectivity index (χ3v) is 4.24. The number of nitro groups is 1. The van der Waals surface area contributed by atoms with Crippen LogP contribution in [-0.2, 0) is 19.1 Å². The summed E-state index contributed by atoms with van der Waals surface area (Å²) < 4.78 is 10.3. The Morgan fingerprint density at radius 3 is 2.48 bits per heavy atom. The molecule has 2 heterocycles. The van der Waals surface area contributed by atoms with Gasteiger partial charge in [0, 0.05) is 23.7 Å². The molecule has 1 saturated heterocycles. The summed E-state index contributed by atoms with van der Waals surface area (Å²) in [7, 11) is 0. The number of urea groups is 1. The number of carboxylic acid groups (broad SMARTS) is 1. The van der Waals surface area contributed by atoms with Crippen molar-refractivity contribution >= 4 is 35.8 Å². The van der Waals surface area contributed by atoms with Crippen molar-refractivity contribution in [2.45, 2.75) is 12.8 Å². The van der Waals surface area contributed by atoms with Gasteiger partial charge in [-0.1, -0.05) is 0 Å². The van der Waals surface area contributed by atoms with Crippen molar-refractivity contribution in [3.05, 3.63) is 52.3 Å². The zero-order chi connectivity index (χ0) is 23.3. The number of nitro benzene ring substituents is 1. The number of aliphatic carboxylic acids is 1. The third kappa shape index (κ3) is 6.71. The van der Waals surface area contributed by atoms with Gasteiger partial charge >= 0.3 is 41.6 Å². The summed E-state index contributed by atoms with van der Waals surface area (Å²) in [6.45, 7) is -1.05. The Kier molecular flexibility index (Phi) is 8.85. The van der Waals surface area contributed by atoms with Crippen molar-refractivity contribution in [2.24, 2.45) is 5.10 Å². The van der Waals surface area contributed by atoms with Gasteiger partial charge in [0.1, 0.15) is 18.1 Å². The Bertz CT molecular complexity index is 1100. The smallest absolute Gasteiger partial charge is 0.550 e. The van der Waals surface area contributed by atoms with Crippen molar-refractivity contribution in [1.82, 2.24) is 9.91 Å². The van der Waals surface area contributed by atoms with Gasteiger partial charge in [-0.05, 0) is 30.7 Å². The molecule has 13 nitrogen and oxygen atoms in total. The standard InChI is InChI=1S/C19H16N4O9.Na/c24-16-10-22(19(28)21(16)11-31-18(27)8-7-17(25)26)20-9-14-5-6-15(32-14)12-1-3-13(4-2-12)23(29)30;/h1-6,9H,7-8,10-11H2,(H,25,26);/q;+1/p-1/b20-9+;. The summed E-state index contributed by atoms with van der Waals surface area (Å²) >= 11 is 0. The molecule has 2 aromatic rings. The molecule has 3 rings (SSSR count). The minimum absolute atomic E-state index is 0. The van der Waals surface area contributed by atoms with Crippen LogP contribution in [0.1, 0.15) is 18.6 Å². The van der Waals surface area contributed by atoms with Gasteiger partial charge in [-0.25, -0.2) is 14.7 Å². The summed E-state index contributed by atoms with van der Waals surface area (Å²) in [5.74, 6) is -2.32. The summed E-state index contributed by atoms with van der Waals surface area (Å²) in [6, 6.07) is 8.04. The van der Waals surface area contributed by atoms with Crippen LogP contribution in [0.2, 0.25) is 0 Å². The van der Waals surface area contributed by atoms with E-state index in [0.717, 1.165) is 5.01 Å².